The molecule has 3 atom stereocenters. The zero-order valence-corrected chi connectivity index (χ0v) is 10.2. The summed E-state index contributed by atoms with van der Waals surface area (Å²) < 4.78 is 0. The number of nitrogens with zero attached hydrogens (tertiary/aromatic N) is 1. The summed E-state index contributed by atoms with van der Waals surface area (Å²) in [6.07, 6.45) is 1.18. The van der Waals surface area contributed by atoms with E-state index in [0.29, 0.717) is 11.3 Å². The van der Waals surface area contributed by atoms with Gasteiger partial charge < -0.3 is 10.2 Å². The zero-order valence-electron chi connectivity index (χ0n) is 9.41. The first kappa shape index (κ1) is 11.9. The largest absolute Gasteiger partial charge is 0.347 e. The van der Waals surface area contributed by atoms with Crippen molar-refractivity contribution < 1.29 is 4.79 Å². The maximum Gasteiger partial charge on any atom is 0.238 e. The Morgan fingerprint density at radius 1 is 1.57 bits per heavy atom. The molecule has 0 spiro atoms. The molecule has 1 fully saturated rings. The summed E-state index contributed by atoms with van der Waals surface area (Å²) in [5.74, 6) is 1.37. The normalized spacial score (nSPS) is 28.9. The van der Waals surface area contributed by atoms with Crippen LogP contribution in [0.25, 0.3) is 0 Å². The van der Waals surface area contributed by atoms with E-state index in [1.54, 1.807) is 19.0 Å². The van der Waals surface area contributed by atoms with Crippen molar-refractivity contribution in [2.75, 3.05) is 19.8 Å². The molecule has 0 aromatic carbocycles. The Morgan fingerprint density at radius 2 is 2.21 bits per heavy atom. The first-order chi connectivity index (χ1) is 6.52. The van der Waals surface area contributed by atoms with Crippen molar-refractivity contribution in [3.8, 4) is 0 Å². The summed E-state index contributed by atoms with van der Waals surface area (Å²) in [4.78, 5) is 13.2. The van der Waals surface area contributed by atoms with Crippen LogP contribution >= 0.6 is 11.8 Å². The SMILES string of the molecule is CC(NC1CCSC1C)C(=O)N(C)C. The smallest absolute Gasteiger partial charge is 0.238 e. The van der Waals surface area contributed by atoms with Gasteiger partial charge >= 0.3 is 0 Å². The number of carbonyl (C=O) groups excluding carboxylic acids is 1. The fraction of sp³-hybridized carbons (Fsp3) is 0.900. The third-order valence-corrected chi connectivity index (χ3v) is 3.98. The second kappa shape index (κ2) is 5.03. The molecule has 0 saturated carbocycles. The van der Waals surface area contributed by atoms with Gasteiger partial charge in [-0.3, -0.25) is 4.79 Å². The highest BCUT2D eigenvalue weighted by molar-refractivity contribution is 8.00. The van der Waals surface area contributed by atoms with Crippen LogP contribution in [0, 0.1) is 0 Å². The minimum atomic E-state index is -0.0591. The molecule has 0 aliphatic carbocycles. The van der Waals surface area contributed by atoms with Crippen LogP contribution in [-0.4, -0.2) is 48.0 Å². The van der Waals surface area contributed by atoms with E-state index in [2.05, 4.69) is 12.2 Å². The summed E-state index contributed by atoms with van der Waals surface area (Å²) >= 11 is 1.98. The molecule has 0 bridgehead atoms. The van der Waals surface area contributed by atoms with Crippen LogP contribution in [0.2, 0.25) is 0 Å². The Labute approximate surface area is 90.6 Å². The van der Waals surface area contributed by atoms with Gasteiger partial charge in [-0.25, -0.2) is 0 Å². The molecule has 4 heteroatoms. The van der Waals surface area contributed by atoms with Gasteiger partial charge in [-0.1, -0.05) is 6.92 Å². The van der Waals surface area contributed by atoms with Crippen molar-refractivity contribution in [1.29, 1.82) is 0 Å². The lowest BCUT2D eigenvalue weighted by Gasteiger charge is -2.23. The van der Waals surface area contributed by atoms with Crippen molar-refractivity contribution in [3.63, 3.8) is 0 Å². The van der Waals surface area contributed by atoms with Crippen molar-refractivity contribution in [2.45, 2.75) is 37.6 Å². The van der Waals surface area contributed by atoms with E-state index in [-0.39, 0.29) is 11.9 Å². The summed E-state index contributed by atoms with van der Waals surface area (Å²) in [6, 6.07) is 0.440. The number of nitrogens with one attached hydrogen (secondary N) is 1. The molecule has 1 N–H and O–H groups in total. The van der Waals surface area contributed by atoms with Crippen molar-refractivity contribution >= 4 is 17.7 Å². The third-order valence-electron chi connectivity index (χ3n) is 2.65. The van der Waals surface area contributed by atoms with Crippen molar-refractivity contribution in [2.24, 2.45) is 0 Å². The molecular formula is C10H20N2OS. The van der Waals surface area contributed by atoms with E-state index in [0.717, 1.165) is 0 Å². The van der Waals surface area contributed by atoms with Crippen LogP contribution in [0.1, 0.15) is 20.3 Å². The summed E-state index contributed by atoms with van der Waals surface area (Å²) in [6.45, 7) is 4.17. The van der Waals surface area contributed by atoms with E-state index in [9.17, 15) is 4.79 Å². The van der Waals surface area contributed by atoms with Crippen LogP contribution in [0.15, 0.2) is 0 Å². The van der Waals surface area contributed by atoms with Gasteiger partial charge in [0.05, 0.1) is 6.04 Å². The summed E-state index contributed by atoms with van der Waals surface area (Å²) in [7, 11) is 3.60. The predicted molar refractivity (Wildman–Crippen MR) is 61.6 cm³/mol. The average molecular weight is 216 g/mol. The number of amides is 1. The van der Waals surface area contributed by atoms with Crippen LogP contribution in [0.3, 0.4) is 0 Å². The minimum absolute atomic E-state index is 0.0591. The molecule has 14 heavy (non-hydrogen) atoms. The lowest BCUT2D eigenvalue weighted by molar-refractivity contribution is -0.130. The Morgan fingerprint density at radius 3 is 2.64 bits per heavy atom. The molecule has 0 radical (unpaired) electrons. The Bertz CT molecular complexity index is 208. The van der Waals surface area contributed by atoms with Gasteiger partial charge in [0.2, 0.25) is 5.91 Å². The van der Waals surface area contributed by atoms with Crippen LogP contribution in [0.5, 0.6) is 0 Å². The maximum absolute atomic E-state index is 11.6. The molecule has 3 unspecified atom stereocenters. The Balaban J connectivity index is 2.39. The molecule has 82 valence electrons. The van der Waals surface area contributed by atoms with E-state index in [4.69, 9.17) is 0 Å². The minimum Gasteiger partial charge on any atom is -0.347 e. The Kier molecular flexibility index (Phi) is 4.26. The van der Waals surface area contributed by atoms with Crippen molar-refractivity contribution in [3.05, 3.63) is 0 Å². The van der Waals surface area contributed by atoms with E-state index in [1.807, 2.05) is 18.7 Å². The van der Waals surface area contributed by atoms with E-state index >= 15 is 0 Å². The summed E-state index contributed by atoms with van der Waals surface area (Å²) in [5.41, 5.74) is 0. The standard InChI is InChI=1S/C10H20N2OS/c1-7(10(13)12(3)4)11-9-5-6-14-8(9)2/h7-9,11H,5-6H2,1-4H3. The second-order valence-electron chi connectivity index (χ2n) is 4.09. The van der Waals surface area contributed by atoms with Gasteiger partial charge in [-0.2, -0.15) is 11.8 Å². The molecule has 1 heterocycles. The lowest BCUT2D eigenvalue weighted by Crippen LogP contribution is -2.47. The number of hydrogen-bond acceptors (Lipinski definition) is 3. The molecule has 1 amide bonds. The first-order valence-corrected chi connectivity index (χ1v) is 6.16. The number of likely N-dealkylation sites (N-methyl/N-ethyl adjacent to an activating group) is 1. The molecule has 1 rings (SSSR count). The predicted octanol–water partition coefficient (Wildman–Crippen LogP) is 0.947. The van der Waals surface area contributed by atoms with Gasteiger partial charge in [0.25, 0.3) is 0 Å². The van der Waals surface area contributed by atoms with Gasteiger partial charge in [-0.05, 0) is 19.1 Å². The fourth-order valence-corrected chi connectivity index (χ4v) is 2.94. The average Bonchev–Trinajstić information content (AvgIpc) is 2.50. The molecule has 1 saturated heterocycles. The van der Waals surface area contributed by atoms with Crippen LogP contribution in [0.4, 0.5) is 0 Å². The third kappa shape index (κ3) is 2.89. The van der Waals surface area contributed by atoms with Gasteiger partial charge in [0, 0.05) is 25.4 Å². The quantitative estimate of drug-likeness (QED) is 0.762. The molecule has 1 aliphatic rings. The molecule has 0 aromatic heterocycles. The topological polar surface area (TPSA) is 32.3 Å². The molecule has 1 aliphatic heterocycles. The fourth-order valence-electron chi connectivity index (χ4n) is 1.73. The number of thioether (sulfide) groups is 1. The highest BCUT2D eigenvalue weighted by Crippen LogP contribution is 2.26. The van der Waals surface area contributed by atoms with Crippen LogP contribution < -0.4 is 5.32 Å². The highest BCUT2D eigenvalue weighted by Gasteiger charge is 2.27. The van der Waals surface area contributed by atoms with E-state index < -0.39 is 0 Å². The lowest BCUT2D eigenvalue weighted by atomic mass is 10.1. The van der Waals surface area contributed by atoms with Crippen LogP contribution in [-0.2, 0) is 4.79 Å². The highest BCUT2D eigenvalue weighted by atomic mass is 32.2. The monoisotopic (exact) mass is 216 g/mol. The summed E-state index contributed by atoms with van der Waals surface area (Å²) in [5, 5.41) is 4.03. The Hall–Kier alpha value is -0.220. The number of hydrogen-bond donors (Lipinski definition) is 1. The molecule has 0 aromatic rings. The van der Waals surface area contributed by atoms with Gasteiger partial charge in [0.15, 0.2) is 0 Å². The zero-order chi connectivity index (χ0) is 10.7. The number of rotatable bonds is 3. The first-order valence-electron chi connectivity index (χ1n) is 5.11. The van der Waals surface area contributed by atoms with Gasteiger partial charge in [0.1, 0.15) is 0 Å². The molecular weight excluding hydrogens is 196 g/mol. The van der Waals surface area contributed by atoms with Crippen molar-refractivity contribution in [1.82, 2.24) is 10.2 Å². The number of carbonyl (C=O) groups is 1. The maximum atomic E-state index is 11.6. The van der Waals surface area contributed by atoms with E-state index in [1.165, 1.54) is 12.2 Å². The second-order valence-corrected chi connectivity index (χ2v) is 5.58. The van der Waals surface area contributed by atoms with Gasteiger partial charge in [-0.15, -0.1) is 0 Å². The molecule has 3 nitrogen and oxygen atoms in total.